The second kappa shape index (κ2) is 6.25. The number of alkyl halides is 2. The second-order valence-electron chi connectivity index (χ2n) is 3.50. The average molecular weight is 274 g/mol. The SMILES string of the molecule is CC(NC(=O)c1ccc(OC(F)F)cc1)C(N)=S. The van der Waals surface area contributed by atoms with E-state index in [1.807, 2.05) is 0 Å². The van der Waals surface area contributed by atoms with E-state index in [1.165, 1.54) is 24.3 Å². The van der Waals surface area contributed by atoms with Gasteiger partial charge in [0.15, 0.2) is 0 Å². The van der Waals surface area contributed by atoms with Gasteiger partial charge < -0.3 is 15.8 Å². The molecule has 1 atom stereocenters. The van der Waals surface area contributed by atoms with Crippen LogP contribution in [0.15, 0.2) is 24.3 Å². The molecule has 7 heteroatoms. The molecule has 98 valence electrons. The van der Waals surface area contributed by atoms with E-state index in [2.05, 4.69) is 10.1 Å². The highest BCUT2D eigenvalue weighted by molar-refractivity contribution is 7.80. The number of carbonyl (C=O) groups is 1. The van der Waals surface area contributed by atoms with Gasteiger partial charge in [-0.05, 0) is 31.2 Å². The predicted octanol–water partition coefficient (Wildman–Crippen LogP) is 1.69. The minimum atomic E-state index is -2.89. The van der Waals surface area contributed by atoms with Crippen LogP contribution in [-0.2, 0) is 0 Å². The van der Waals surface area contributed by atoms with Gasteiger partial charge >= 0.3 is 6.61 Å². The first-order valence-electron chi connectivity index (χ1n) is 5.05. The predicted molar refractivity (Wildman–Crippen MR) is 66.8 cm³/mol. The third-order valence-electron chi connectivity index (χ3n) is 2.12. The molecule has 0 saturated carbocycles. The van der Waals surface area contributed by atoms with Gasteiger partial charge in [0.2, 0.25) is 0 Å². The van der Waals surface area contributed by atoms with Gasteiger partial charge in [-0.3, -0.25) is 4.79 Å². The Bertz CT molecular complexity index is 437. The van der Waals surface area contributed by atoms with Crippen molar-refractivity contribution < 1.29 is 18.3 Å². The Morgan fingerprint density at radius 1 is 1.39 bits per heavy atom. The second-order valence-corrected chi connectivity index (χ2v) is 3.97. The number of nitrogens with two attached hydrogens (primary N) is 1. The van der Waals surface area contributed by atoms with Crippen molar-refractivity contribution in [3.8, 4) is 5.75 Å². The fraction of sp³-hybridized carbons (Fsp3) is 0.273. The molecule has 0 heterocycles. The van der Waals surface area contributed by atoms with Gasteiger partial charge in [-0.2, -0.15) is 8.78 Å². The first kappa shape index (κ1) is 14.3. The third kappa shape index (κ3) is 4.25. The zero-order valence-corrected chi connectivity index (χ0v) is 10.3. The van der Waals surface area contributed by atoms with Crippen molar-refractivity contribution in [3.05, 3.63) is 29.8 Å². The number of benzene rings is 1. The van der Waals surface area contributed by atoms with Crippen LogP contribution in [0.3, 0.4) is 0 Å². The van der Waals surface area contributed by atoms with Gasteiger partial charge in [0.1, 0.15) is 5.75 Å². The fourth-order valence-corrected chi connectivity index (χ4v) is 1.20. The molecule has 1 unspecified atom stereocenters. The molecule has 1 rings (SSSR count). The van der Waals surface area contributed by atoms with Crippen molar-refractivity contribution in [1.29, 1.82) is 0 Å². The number of thiocarbonyl (C=S) groups is 1. The van der Waals surface area contributed by atoms with Crippen LogP contribution in [0.5, 0.6) is 5.75 Å². The number of hydrogen-bond acceptors (Lipinski definition) is 3. The highest BCUT2D eigenvalue weighted by Crippen LogP contribution is 2.14. The van der Waals surface area contributed by atoms with E-state index in [-0.39, 0.29) is 16.6 Å². The van der Waals surface area contributed by atoms with Gasteiger partial charge in [0, 0.05) is 5.56 Å². The van der Waals surface area contributed by atoms with E-state index in [4.69, 9.17) is 18.0 Å². The molecular weight excluding hydrogens is 262 g/mol. The summed E-state index contributed by atoms with van der Waals surface area (Å²) in [5.74, 6) is -0.400. The van der Waals surface area contributed by atoms with Gasteiger partial charge in [-0.15, -0.1) is 0 Å². The van der Waals surface area contributed by atoms with E-state index in [0.717, 1.165) is 0 Å². The molecule has 1 amide bonds. The molecule has 4 nitrogen and oxygen atoms in total. The van der Waals surface area contributed by atoms with Crippen molar-refractivity contribution in [3.63, 3.8) is 0 Å². The molecular formula is C11H12F2N2O2S. The van der Waals surface area contributed by atoms with Crippen LogP contribution >= 0.6 is 12.2 Å². The fourth-order valence-electron chi connectivity index (χ4n) is 1.14. The summed E-state index contributed by atoms with van der Waals surface area (Å²) in [6, 6.07) is 4.88. The van der Waals surface area contributed by atoms with Crippen LogP contribution in [0.4, 0.5) is 8.78 Å². The quantitative estimate of drug-likeness (QED) is 0.802. The molecule has 0 aliphatic heterocycles. The molecule has 0 radical (unpaired) electrons. The maximum absolute atomic E-state index is 11.9. The first-order chi connectivity index (χ1) is 8.40. The molecule has 18 heavy (non-hydrogen) atoms. The lowest BCUT2D eigenvalue weighted by Gasteiger charge is -2.12. The Kier molecular flexibility index (Phi) is 4.96. The monoisotopic (exact) mass is 274 g/mol. The van der Waals surface area contributed by atoms with Crippen LogP contribution in [0.1, 0.15) is 17.3 Å². The molecule has 0 aliphatic rings. The van der Waals surface area contributed by atoms with E-state index < -0.39 is 12.7 Å². The normalized spacial score (nSPS) is 12.0. The third-order valence-corrected chi connectivity index (χ3v) is 2.47. The van der Waals surface area contributed by atoms with Gasteiger partial charge in [0.25, 0.3) is 5.91 Å². The zero-order chi connectivity index (χ0) is 13.7. The maximum Gasteiger partial charge on any atom is 0.387 e. The van der Waals surface area contributed by atoms with E-state index in [1.54, 1.807) is 6.92 Å². The smallest absolute Gasteiger partial charge is 0.387 e. The summed E-state index contributed by atoms with van der Waals surface area (Å²) in [4.78, 5) is 11.8. The average Bonchev–Trinajstić information content (AvgIpc) is 2.28. The standard InChI is InChI=1S/C11H12F2N2O2S/c1-6(9(14)18)15-10(16)7-2-4-8(5-3-7)17-11(12)13/h2-6,11H,1H3,(H2,14,18)(H,15,16). The first-order valence-corrected chi connectivity index (χ1v) is 5.46. The Morgan fingerprint density at radius 2 is 1.94 bits per heavy atom. The summed E-state index contributed by atoms with van der Waals surface area (Å²) >= 11 is 4.71. The molecule has 1 aromatic rings. The Morgan fingerprint density at radius 3 is 2.39 bits per heavy atom. The molecule has 0 saturated heterocycles. The lowest BCUT2D eigenvalue weighted by atomic mass is 10.2. The highest BCUT2D eigenvalue weighted by Gasteiger charge is 2.12. The summed E-state index contributed by atoms with van der Waals surface area (Å²) in [6.07, 6.45) is 0. The molecule has 0 aromatic heterocycles. The van der Waals surface area contributed by atoms with Crippen LogP contribution in [0.2, 0.25) is 0 Å². The number of rotatable bonds is 5. The van der Waals surface area contributed by atoms with E-state index >= 15 is 0 Å². The number of nitrogens with one attached hydrogen (secondary N) is 1. The molecule has 0 aliphatic carbocycles. The summed E-state index contributed by atoms with van der Waals surface area (Å²) < 4.78 is 28.0. The van der Waals surface area contributed by atoms with Crippen molar-refractivity contribution >= 4 is 23.1 Å². The minimum absolute atomic E-state index is 0.0102. The number of carbonyl (C=O) groups excluding carboxylic acids is 1. The van der Waals surface area contributed by atoms with Crippen molar-refractivity contribution in [2.75, 3.05) is 0 Å². The van der Waals surface area contributed by atoms with Crippen molar-refractivity contribution in [1.82, 2.24) is 5.32 Å². The number of hydrogen-bond donors (Lipinski definition) is 2. The van der Waals surface area contributed by atoms with Crippen molar-refractivity contribution in [2.45, 2.75) is 19.6 Å². The molecule has 0 bridgehead atoms. The van der Waals surface area contributed by atoms with E-state index in [9.17, 15) is 13.6 Å². The Hall–Kier alpha value is -1.76. The summed E-state index contributed by atoms with van der Waals surface area (Å²) in [6.45, 7) is -1.24. The Balaban J connectivity index is 2.67. The molecule has 0 spiro atoms. The number of amides is 1. The van der Waals surface area contributed by atoms with Crippen LogP contribution < -0.4 is 15.8 Å². The Labute approximate surface area is 108 Å². The maximum atomic E-state index is 11.9. The molecule has 3 N–H and O–H groups in total. The number of halogens is 2. The van der Waals surface area contributed by atoms with Crippen LogP contribution in [0.25, 0.3) is 0 Å². The molecule has 1 aromatic carbocycles. The highest BCUT2D eigenvalue weighted by atomic mass is 32.1. The summed E-state index contributed by atoms with van der Waals surface area (Å²) in [5.41, 5.74) is 5.66. The topological polar surface area (TPSA) is 64.3 Å². The molecule has 0 fully saturated rings. The number of ether oxygens (including phenoxy) is 1. The summed E-state index contributed by atoms with van der Waals surface area (Å²) in [7, 11) is 0. The van der Waals surface area contributed by atoms with Gasteiger partial charge in [0.05, 0.1) is 11.0 Å². The minimum Gasteiger partial charge on any atom is -0.435 e. The van der Waals surface area contributed by atoms with Crippen LogP contribution in [-0.4, -0.2) is 23.5 Å². The lowest BCUT2D eigenvalue weighted by molar-refractivity contribution is -0.0498. The van der Waals surface area contributed by atoms with Crippen molar-refractivity contribution in [2.24, 2.45) is 5.73 Å². The van der Waals surface area contributed by atoms with E-state index in [0.29, 0.717) is 5.56 Å². The lowest BCUT2D eigenvalue weighted by Crippen LogP contribution is -2.41. The largest absolute Gasteiger partial charge is 0.435 e. The zero-order valence-electron chi connectivity index (χ0n) is 9.52. The van der Waals surface area contributed by atoms with Gasteiger partial charge in [-0.25, -0.2) is 0 Å². The van der Waals surface area contributed by atoms with Gasteiger partial charge in [-0.1, -0.05) is 12.2 Å². The summed E-state index contributed by atoms with van der Waals surface area (Å²) in [5, 5.41) is 2.56. The van der Waals surface area contributed by atoms with Crippen LogP contribution in [0, 0.1) is 0 Å².